The Morgan fingerprint density at radius 1 is 0.540 bits per heavy atom. The lowest BCUT2D eigenvalue weighted by Gasteiger charge is -2.20. The van der Waals surface area contributed by atoms with Crippen molar-refractivity contribution in [1.82, 2.24) is 0 Å². The molecule has 0 aromatic heterocycles. The third-order valence-electron chi connectivity index (χ3n) is 11.1. The molecule has 63 heavy (non-hydrogen) atoms. The molecule has 0 heterocycles. The van der Waals surface area contributed by atoms with Crippen LogP contribution in [-0.2, 0) is 32.7 Å². The summed E-state index contributed by atoms with van der Waals surface area (Å²) in [5.41, 5.74) is 0. The summed E-state index contributed by atoms with van der Waals surface area (Å²) in [6.07, 6.45) is 48.1. The molecule has 0 fully saturated rings. The van der Waals surface area contributed by atoms with E-state index in [2.05, 4.69) is 50.3 Å². The quantitative estimate of drug-likeness (QED) is 0.0198. The van der Waals surface area contributed by atoms with Gasteiger partial charge in [-0.05, 0) is 63.7 Å². The second-order valence-corrected chi connectivity index (χ2v) is 18.6. The Bertz CT molecular complexity index is 1200. The molecule has 0 spiro atoms. The summed E-state index contributed by atoms with van der Waals surface area (Å²) >= 11 is 0. The molecule has 11 nitrogen and oxygen atoms in total. The van der Waals surface area contributed by atoms with E-state index in [4.69, 9.17) is 28.7 Å². The van der Waals surface area contributed by atoms with Crippen LogP contribution in [0.25, 0.3) is 0 Å². The summed E-state index contributed by atoms with van der Waals surface area (Å²) in [4.78, 5) is 35.1. The maximum absolute atomic E-state index is 12.6. The largest absolute Gasteiger partial charge is 0.472 e. The topological polar surface area (TPSA) is 169 Å². The minimum Gasteiger partial charge on any atom is -0.462 e. The van der Waals surface area contributed by atoms with Crippen molar-refractivity contribution >= 4 is 19.8 Å². The number of esters is 2. The number of allylic oxidation sites excluding steroid dienone is 8. The first-order valence-corrected chi connectivity index (χ1v) is 26.6. The number of rotatable bonds is 47. The molecule has 0 saturated heterocycles. The number of hydrogen-bond donors (Lipinski definition) is 4. The summed E-state index contributed by atoms with van der Waals surface area (Å²) < 4.78 is 32.8. The number of carbonyl (C=O) groups is 2. The summed E-state index contributed by atoms with van der Waals surface area (Å²) in [5, 5.41) is 27.2. The van der Waals surface area contributed by atoms with E-state index >= 15 is 0 Å². The van der Waals surface area contributed by atoms with Gasteiger partial charge < -0.3 is 29.7 Å². The van der Waals surface area contributed by atoms with Gasteiger partial charge in [-0.15, -0.1) is 0 Å². The number of hydrogen-bond acceptors (Lipinski definition) is 10. The Balaban J connectivity index is 4.24. The molecule has 0 bridgehead atoms. The van der Waals surface area contributed by atoms with Gasteiger partial charge in [0.05, 0.1) is 19.8 Å². The fourth-order valence-electron chi connectivity index (χ4n) is 6.83. The Hall–Kier alpha value is -2.11. The van der Waals surface area contributed by atoms with Crippen LogP contribution in [0.2, 0.25) is 0 Å². The molecule has 0 aliphatic carbocycles. The minimum absolute atomic E-state index is 0.0988. The van der Waals surface area contributed by atoms with Crippen LogP contribution in [-0.4, -0.2) is 77.4 Å². The lowest BCUT2D eigenvalue weighted by molar-refractivity contribution is -0.161. The molecule has 0 amide bonds. The van der Waals surface area contributed by atoms with E-state index in [1.54, 1.807) is 0 Å². The highest BCUT2D eigenvalue weighted by Crippen LogP contribution is 2.43. The number of phosphoric ester groups is 1. The molecule has 0 aromatic rings. The van der Waals surface area contributed by atoms with E-state index in [9.17, 15) is 24.2 Å². The van der Waals surface area contributed by atoms with E-state index in [-0.39, 0.29) is 26.1 Å². The first-order chi connectivity index (χ1) is 30.6. The van der Waals surface area contributed by atoms with Gasteiger partial charge in [0, 0.05) is 19.4 Å². The summed E-state index contributed by atoms with van der Waals surface area (Å²) in [6, 6.07) is 0. The van der Waals surface area contributed by atoms with Gasteiger partial charge in [-0.1, -0.05) is 191 Å². The maximum atomic E-state index is 12.6. The Morgan fingerprint density at radius 2 is 0.968 bits per heavy atom. The van der Waals surface area contributed by atoms with Crippen LogP contribution >= 0.6 is 7.82 Å². The molecule has 0 aromatic carbocycles. The van der Waals surface area contributed by atoms with Crippen LogP contribution in [0.15, 0.2) is 48.6 Å². The highest BCUT2D eigenvalue weighted by Gasteiger charge is 2.27. The highest BCUT2D eigenvalue weighted by atomic mass is 31.2. The smallest absolute Gasteiger partial charge is 0.462 e. The van der Waals surface area contributed by atoms with Crippen molar-refractivity contribution in [1.29, 1.82) is 0 Å². The normalized spacial score (nSPS) is 14.6. The van der Waals surface area contributed by atoms with Crippen molar-refractivity contribution in [2.45, 2.75) is 225 Å². The van der Waals surface area contributed by atoms with Gasteiger partial charge >= 0.3 is 19.8 Å². The van der Waals surface area contributed by atoms with Crippen molar-refractivity contribution in [2.24, 2.45) is 5.92 Å². The van der Waals surface area contributed by atoms with Gasteiger partial charge in [-0.3, -0.25) is 18.6 Å². The molecule has 2 unspecified atom stereocenters. The Kier molecular flexibility index (Phi) is 44.9. The number of aliphatic hydroxyl groups excluding tert-OH is 3. The zero-order valence-electron chi connectivity index (χ0n) is 39.9. The van der Waals surface area contributed by atoms with Crippen molar-refractivity contribution in [3.63, 3.8) is 0 Å². The molecule has 0 rings (SSSR count). The van der Waals surface area contributed by atoms with Crippen LogP contribution in [0, 0.1) is 5.92 Å². The van der Waals surface area contributed by atoms with Gasteiger partial charge in [0.2, 0.25) is 0 Å². The average Bonchev–Trinajstić information content (AvgIpc) is 3.27. The summed E-state index contributed by atoms with van der Waals surface area (Å²) in [7, 11) is -4.64. The van der Waals surface area contributed by atoms with Crippen LogP contribution < -0.4 is 0 Å². The number of unbranched alkanes of at least 4 members (excludes halogenated alkanes) is 21. The monoisotopic (exact) mass is 913 g/mol. The van der Waals surface area contributed by atoms with Crippen molar-refractivity contribution in [3.8, 4) is 0 Å². The fourth-order valence-corrected chi connectivity index (χ4v) is 7.61. The van der Waals surface area contributed by atoms with Gasteiger partial charge in [-0.25, -0.2) is 4.57 Å². The predicted octanol–water partition coefficient (Wildman–Crippen LogP) is 12.9. The lowest BCUT2D eigenvalue weighted by atomic mass is 9.99. The van der Waals surface area contributed by atoms with Crippen LogP contribution in [0.1, 0.15) is 213 Å². The van der Waals surface area contributed by atoms with E-state index in [0.29, 0.717) is 19.3 Å². The Morgan fingerprint density at radius 3 is 1.46 bits per heavy atom. The molecule has 4 N–H and O–H groups in total. The maximum Gasteiger partial charge on any atom is 0.472 e. The van der Waals surface area contributed by atoms with Gasteiger partial charge in [0.1, 0.15) is 12.7 Å². The SMILES string of the molecule is CCC(C)CCCCCCCCCCCCCCCCCCCCC(=O)OC[C@H](COP(=O)(O)OC[C@@H](O)CO)OC(=O)CCC/C=C\C/C=C\C/C=C\C/C=C\CCCCCO. The lowest BCUT2D eigenvalue weighted by Crippen LogP contribution is -2.29. The van der Waals surface area contributed by atoms with Crippen LogP contribution in [0.3, 0.4) is 0 Å². The molecule has 4 atom stereocenters. The fraction of sp³-hybridized carbons (Fsp3) is 0.804. The number of aliphatic hydroxyl groups is 3. The number of carbonyl (C=O) groups excluding carboxylic acids is 2. The van der Waals surface area contributed by atoms with Crippen molar-refractivity contribution in [3.05, 3.63) is 48.6 Å². The van der Waals surface area contributed by atoms with Gasteiger partial charge in [-0.2, -0.15) is 0 Å². The molecule has 0 saturated carbocycles. The van der Waals surface area contributed by atoms with E-state index < -0.39 is 51.8 Å². The minimum atomic E-state index is -4.64. The van der Waals surface area contributed by atoms with Gasteiger partial charge in [0.15, 0.2) is 6.10 Å². The number of phosphoric acid groups is 1. The predicted molar refractivity (Wildman–Crippen MR) is 257 cm³/mol. The first-order valence-electron chi connectivity index (χ1n) is 25.1. The zero-order chi connectivity index (χ0) is 46.3. The second-order valence-electron chi connectivity index (χ2n) is 17.2. The molecule has 12 heteroatoms. The third kappa shape index (κ3) is 46.2. The van der Waals surface area contributed by atoms with Crippen molar-refractivity contribution < 1.29 is 52.9 Å². The van der Waals surface area contributed by atoms with E-state index in [1.165, 1.54) is 103 Å². The van der Waals surface area contributed by atoms with Crippen LogP contribution in [0.5, 0.6) is 0 Å². The van der Waals surface area contributed by atoms with Crippen molar-refractivity contribution in [2.75, 3.05) is 33.0 Å². The third-order valence-corrected chi connectivity index (χ3v) is 12.0. The molecular formula is C51H93O11P. The van der Waals surface area contributed by atoms with E-state index in [0.717, 1.165) is 70.1 Å². The molecule has 0 radical (unpaired) electrons. The second kappa shape index (κ2) is 46.4. The van der Waals surface area contributed by atoms with Gasteiger partial charge in [0.25, 0.3) is 0 Å². The zero-order valence-corrected chi connectivity index (χ0v) is 40.8. The summed E-state index contributed by atoms with van der Waals surface area (Å²) in [6.45, 7) is 2.73. The molecule has 0 aliphatic heterocycles. The van der Waals surface area contributed by atoms with E-state index in [1.807, 2.05) is 12.2 Å². The standard InChI is InChI=1S/C51H93O11P/c1-3-47(2)39-35-31-27-23-19-15-11-7-4-5-8-12-16-20-24-28-32-36-40-50(55)59-45-49(46-61-63(57,58)60-44-48(54)43-53)62-51(56)41-37-33-29-25-21-17-13-9-6-10-14-18-22-26-30-34-38-42-52/h6,10,13,17-18,22,25,29,47-49,52-54H,3-5,7-9,11-12,14-16,19-21,23-24,26-28,30-46H2,1-2H3,(H,57,58)/b10-6-,17-13-,22-18-,29-25-/t47?,48-,49+/m0/s1. The molecule has 368 valence electrons. The molecular weight excluding hydrogens is 820 g/mol. The summed E-state index contributed by atoms with van der Waals surface area (Å²) in [5.74, 6) is -0.108. The average molecular weight is 913 g/mol. The highest BCUT2D eigenvalue weighted by molar-refractivity contribution is 7.47. The first kappa shape index (κ1) is 60.9. The Labute approximate surface area is 384 Å². The molecule has 0 aliphatic rings. The number of ether oxygens (including phenoxy) is 2. The van der Waals surface area contributed by atoms with Crippen LogP contribution in [0.4, 0.5) is 0 Å².